The molecule has 0 aliphatic carbocycles. The number of β-amino-alcohol motifs (C(OH)–C–C–N with tert-alkyl or cyclic N) is 1. The molecule has 0 aromatic rings. The first-order chi connectivity index (χ1) is 7.33. The molecule has 0 unspecified atom stereocenters. The molecule has 1 saturated heterocycles. The van der Waals surface area contributed by atoms with E-state index in [-0.39, 0.29) is 12.1 Å². The topological polar surface area (TPSA) is 49.8 Å². The number of nitrogens with zero attached hydrogens (tertiary/aromatic N) is 1. The summed E-state index contributed by atoms with van der Waals surface area (Å²) in [6, 6.07) is 0.134. The number of aliphatic hydroxyl groups excluding tert-OH is 1. The highest BCUT2D eigenvalue weighted by Gasteiger charge is 2.35. The van der Waals surface area contributed by atoms with Crippen molar-refractivity contribution in [2.24, 2.45) is 0 Å². The van der Waals surface area contributed by atoms with Gasteiger partial charge in [0.25, 0.3) is 0 Å². The van der Waals surface area contributed by atoms with E-state index in [4.69, 9.17) is 4.74 Å². The minimum atomic E-state index is -0.471. The molecule has 1 heterocycles. The average Bonchev–Trinajstić information content (AvgIpc) is 2.44. The van der Waals surface area contributed by atoms with E-state index in [9.17, 15) is 9.90 Å². The normalized spacial score (nSPS) is 25.9. The fourth-order valence-corrected chi connectivity index (χ4v) is 2.04. The second kappa shape index (κ2) is 5.04. The number of carbonyl (C=O) groups is 1. The van der Waals surface area contributed by atoms with E-state index in [1.54, 1.807) is 4.90 Å². The summed E-state index contributed by atoms with van der Waals surface area (Å²) in [6.07, 6.45) is 1.91. The minimum Gasteiger partial charge on any atom is -0.444 e. The van der Waals surface area contributed by atoms with Gasteiger partial charge in [-0.1, -0.05) is 13.3 Å². The molecule has 16 heavy (non-hydrogen) atoms. The van der Waals surface area contributed by atoms with Crippen LogP contribution >= 0.6 is 0 Å². The van der Waals surface area contributed by atoms with Crippen LogP contribution < -0.4 is 0 Å². The maximum atomic E-state index is 11.9. The Bertz CT molecular complexity index is 247. The molecule has 0 saturated carbocycles. The Morgan fingerprint density at radius 1 is 1.50 bits per heavy atom. The van der Waals surface area contributed by atoms with Gasteiger partial charge in [-0.25, -0.2) is 4.79 Å². The number of aliphatic hydroxyl groups is 1. The molecular weight excluding hydrogens is 206 g/mol. The Balaban J connectivity index is 2.59. The van der Waals surface area contributed by atoms with Gasteiger partial charge in [0, 0.05) is 6.04 Å². The smallest absolute Gasteiger partial charge is 0.410 e. The number of carbonyl (C=O) groups excluding carboxylic acids is 1. The third kappa shape index (κ3) is 3.67. The van der Waals surface area contributed by atoms with Gasteiger partial charge in [-0.05, 0) is 33.6 Å². The summed E-state index contributed by atoms with van der Waals surface area (Å²) in [6.45, 7) is 8.04. The van der Waals surface area contributed by atoms with E-state index in [0.717, 1.165) is 12.8 Å². The van der Waals surface area contributed by atoms with Crippen LogP contribution in [0.15, 0.2) is 0 Å². The summed E-state index contributed by atoms with van der Waals surface area (Å²) in [5.41, 5.74) is -0.471. The second-order valence-corrected chi connectivity index (χ2v) is 5.46. The standard InChI is InChI=1S/C12H23NO3/c1-5-6-9-7-10(14)8-13(9)11(15)16-12(2,3)4/h9-10,14H,5-8H2,1-4H3/t9-,10+/m1/s1. The highest BCUT2D eigenvalue weighted by atomic mass is 16.6. The van der Waals surface area contributed by atoms with Crippen LogP contribution in [0.2, 0.25) is 0 Å². The molecule has 1 N–H and O–H groups in total. The molecule has 1 aliphatic rings. The highest BCUT2D eigenvalue weighted by Crippen LogP contribution is 2.24. The fraction of sp³-hybridized carbons (Fsp3) is 0.917. The van der Waals surface area contributed by atoms with Crippen LogP contribution in [0.25, 0.3) is 0 Å². The van der Waals surface area contributed by atoms with Crippen LogP contribution in [0.3, 0.4) is 0 Å². The number of likely N-dealkylation sites (tertiary alicyclic amines) is 1. The lowest BCUT2D eigenvalue weighted by Gasteiger charge is -2.28. The van der Waals surface area contributed by atoms with Crippen LogP contribution in [-0.4, -0.2) is 40.4 Å². The van der Waals surface area contributed by atoms with Gasteiger partial charge in [-0.2, -0.15) is 0 Å². The molecule has 4 nitrogen and oxygen atoms in total. The summed E-state index contributed by atoms with van der Waals surface area (Å²) in [7, 11) is 0. The van der Waals surface area contributed by atoms with Crippen molar-refractivity contribution in [3.63, 3.8) is 0 Å². The predicted molar refractivity (Wildman–Crippen MR) is 62.3 cm³/mol. The molecule has 0 aromatic heterocycles. The quantitative estimate of drug-likeness (QED) is 0.789. The molecule has 0 radical (unpaired) electrons. The third-order valence-corrected chi connectivity index (χ3v) is 2.64. The van der Waals surface area contributed by atoms with Gasteiger partial charge >= 0.3 is 6.09 Å². The van der Waals surface area contributed by atoms with Crippen molar-refractivity contribution in [1.29, 1.82) is 0 Å². The van der Waals surface area contributed by atoms with Gasteiger partial charge in [0.05, 0.1) is 12.6 Å². The first-order valence-corrected chi connectivity index (χ1v) is 6.01. The monoisotopic (exact) mass is 229 g/mol. The zero-order chi connectivity index (χ0) is 12.3. The van der Waals surface area contributed by atoms with Crippen molar-refractivity contribution in [3.8, 4) is 0 Å². The van der Waals surface area contributed by atoms with E-state index in [0.29, 0.717) is 13.0 Å². The first-order valence-electron chi connectivity index (χ1n) is 6.01. The zero-order valence-corrected chi connectivity index (χ0v) is 10.7. The summed E-state index contributed by atoms with van der Waals surface area (Å²) < 4.78 is 5.32. The number of rotatable bonds is 2. The lowest BCUT2D eigenvalue weighted by atomic mass is 10.1. The highest BCUT2D eigenvalue weighted by molar-refractivity contribution is 5.69. The van der Waals surface area contributed by atoms with E-state index in [2.05, 4.69) is 6.92 Å². The molecule has 1 rings (SSSR count). The van der Waals surface area contributed by atoms with Gasteiger partial charge in [-0.15, -0.1) is 0 Å². The Labute approximate surface area is 97.6 Å². The predicted octanol–water partition coefficient (Wildman–Crippen LogP) is 2.16. The minimum absolute atomic E-state index is 0.134. The van der Waals surface area contributed by atoms with Crippen LogP contribution in [0, 0.1) is 0 Å². The third-order valence-electron chi connectivity index (χ3n) is 2.64. The Hall–Kier alpha value is -0.770. The molecule has 1 fully saturated rings. The molecule has 0 spiro atoms. The number of hydrogen-bond donors (Lipinski definition) is 1. The lowest BCUT2D eigenvalue weighted by molar-refractivity contribution is 0.0202. The van der Waals surface area contributed by atoms with Gasteiger partial charge in [0.1, 0.15) is 5.60 Å². The van der Waals surface area contributed by atoms with Crippen molar-refractivity contribution in [1.82, 2.24) is 4.90 Å². The molecule has 1 aliphatic heterocycles. The van der Waals surface area contributed by atoms with Crippen molar-refractivity contribution >= 4 is 6.09 Å². The number of hydrogen-bond acceptors (Lipinski definition) is 3. The molecule has 2 atom stereocenters. The number of amides is 1. The van der Waals surface area contributed by atoms with Crippen molar-refractivity contribution in [3.05, 3.63) is 0 Å². The fourth-order valence-electron chi connectivity index (χ4n) is 2.04. The summed E-state index contributed by atoms with van der Waals surface area (Å²) in [4.78, 5) is 13.6. The van der Waals surface area contributed by atoms with Gasteiger partial charge < -0.3 is 14.7 Å². The SMILES string of the molecule is CCC[C@@H]1C[C@H](O)CN1C(=O)OC(C)(C)C. The molecule has 4 heteroatoms. The maximum Gasteiger partial charge on any atom is 0.410 e. The van der Waals surface area contributed by atoms with Crippen LogP contribution in [0.5, 0.6) is 0 Å². The van der Waals surface area contributed by atoms with Crippen LogP contribution in [0.1, 0.15) is 47.0 Å². The number of ether oxygens (including phenoxy) is 1. The summed E-state index contributed by atoms with van der Waals surface area (Å²) >= 11 is 0. The first kappa shape index (κ1) is 13.3. The molecule has 0 bridgehead atoms. The van der Waals surface area contributed by atoms with Crippen molar-refractivity contribution in [2.75, 3.05) is 6.54 Å². The van der Waals surface area contributed by atoms with E-state index >= 15 is 0 Å². The molecule has 0 aromatic carbocycles. The molecular formula is C12H23NO3. The second-order valence-electron chi connectivity index (χ2n) is 5.46. The van der Waals surface area contributed by atoms with Crippen LogP contribution in [0.4, 0.5) is 4.79 Å². The largest absolute Gasteiger partial charge is 0.444 e. The van der Waals surface area contributed by atoms with E-state index in [1.807, 2.05) is 20.8 Å². The summed E-state index contributed by atoms with van der Waals surface area (Å²) in [5, 5.41) is 9.59. The maximum absolute atomic E-state index is 11.9. The van der Waals surface area contributed by atoms with Crippen molar-refractivity contribution < 1.29 is 14.6 Å². The Morgan fingerprint density at radius 2 is 2.12 bits per heavy atom. The molecule has 1 amide bonds. The Kier molecular flexibility index (Phi) is 4.19. The lowest BCUT2D eigenvalue weighted by Crippen LogP contribution is -2.40. The average molecular weight is 229 g/mol. The van der Waals surface area contributed by atoms with Crippen molar-refractivity contribution in [2.45, 2.75) is 64.7 Å². The summed E-state index contributed by atoms with van der Waals surface area (Å²) in [5.74, 6) is 0. The zero-order valence-electron chi connectivity index (χ0n) is 10.7. The Morgan fingerprint density at radius 3 is 2.62 bits per heavy atom. The van der Waals surface area contributed by atoms with Gasteiger partial charge in [0.15, 0.2) is 0 Å². The van der Waals surface area contributed by atoms with Crippen LogP contribution in [-0.2, 0) is 4.74 Å². The van der Waals surface area contributed by atoms with Gasteiger partial charge in [-0.3, -0.25) is 0 Å². The van der Waals surface area contributed by atoms with E-state index < -0.39 is 11.7 Å². The van der Waals surface area contributed by atoms with E-state index in [1.165, 1.54) is 0 Å². The van der Waals surface area contributed by atoms with Gasteiger partial charge in [0.2, 0.25) is 0 Å². The molecule has 94 valence electrons.